The minimum absolute atomic E-state index is 0.0158. The summed E-state index contributed by atoms with van der Waals surface area (Å²) >= 11 is 3.38. The van der Waals surface area contributed by atoms with Gasteiger partial charge in [0.15, 0.2) is 0 Å². The number of rotatable bonds is 6. The molecular weight excluding hydrogens is 458 g/mol. The number of likely N-dealkylation sites (tertiary alicyclic amines) is 1. The molecule has 7 nitrogen and oxygen atoms in total. The molecule has 0 radical (unpaired) electrons. The minimum Gasteiger partial charge on any atom is -0.349 e. The molecule has 3 aromatic rings. The van der Waals surface area contributed by atoms with Crippen molar-refractivity contribution in [1.82, 2.24) is 20.0 Å². The van der Waals surface area contributed by atoms with E-state index >= 15 is 0 Å². The first-order valence-electron chi connectivity index (χ1n) is 10.3. The van der Waals surface area contributed by atoms with Crippen LogP contribution >= 0.6 is 15.9 Å². The van der Waals surface area contributed by atoms with Crippen molar-refractivity contribution in [1.29, 1.82) is 0 Å². The molecule has 2 amide bonds. The Balaban J connectivity index is 1.23. The molecule has 0 aliphatic carbocycles. The average molecular weight is 482 g/mol. The molecule has 160 valence electrons. The van der Waals surface area contributed by atoms with E-state index in [1.54, 1.807) is 10.9 Å². The Bertz CT molecular complexity index is 1030. The van der Waals surface area contributed by atoms with E-state index in [-0.39, 0.29) is 17.9 Å². The summed E-state index contributed by atoms with van der Waals surface area (Å²) in [6, 6.07) is 16.9. The van der Waals surface area contributed by atoms with Gasteiger partial charge in [0.25, 0.3) is 5.91 Å². The third-order valence-electron chi connectivity index (χ3n) is 5.29. The Hall–Kier alpha value is -2.97. The number of nitrogens with one attached hydrogen (secondary N) is 2. The smallest absolute Gasteiger partial charge is 0.251 e. The van der Waals surface area contributed by atoms with E-state index in [2.05, 4.69) is 36.6 Å². The van der Waals surface area contributed by atoms with Crippen LogP contribution < -0.4 is 10.6 Å². The van der Waals surface area contributed by atoms with Gasteiger partial charge in [0, 0.05) is 36.6 Å². The van der Waals surface area contributed by atoms with Gasteiger partial charge in [-0.3, -0.25) is 14.5 Å². The van der Waals surface area contributed by atoms with Crippen LogP contribution in [0.15, 0.2) is 71.5 Å². The van der Waals surface area contributed by atoms with E-state index in [4.69, 9.17) is 0 Å². The highest BCUT2D eigenvalue weighted by atomic mass is 79.9. The maximum absolute atomic E-state index is 12.6. The summed E-state index contributed by atoms with van der Waals surface area (Å²) in [5.41, 5.74) is 2.32. The van der Waals surface area contributed by atoms with Crippen LogP contribution in [0.5, 0.6) is 0 Å². The number of carbonyl (C=O) groups excluding carboxylic acids is 2. The molecule has 0 atom stereocenters. The second kappa shape index (κ2) is 9.89. The zero-order valence-electron chi connectivity index (χ0n) is 17.0. The molecule has 31 heavy (non-hydrogen) atoms. The Morgan fingerprint density at radius 2 is 1.74 bits per heavy atom. The molecule has 1 aromatic heterocycles. The summed E-state index contributed by atoms with van der Waals surface area (Å²) in [6.45, 7) is 1.92. The van der Waals surface area contributed by atoms with Crippen molar-refractivity contribution >= 4 is 33.4 Å². The first kappa shape index (κ1) is 21.3. The molecule has 0 unspecified atom stereocenters. The van der Waals surface area contributed by atoms with E-state index in [1.807, 2.05) is 60.8 Å². The Morgan fingerprint density at radius 1 is 1.03 bits per heavy atom. The molecule has 0 bridgehead atoms. The Kier molecular flexibility index (Phi) is 6.79. The second-order valence-electron chi connectivity index (χ2n) is 7.59. The van der Waals surface area contributed by atoms with E-state index in [0.29, 0.717) is 12.1 Å². The highest BCUT2D eigenvalue weighted by Gasteiger charge is 2.22. The lowest BCUT2D eigenvalue weighted by molar-refractivity contribution is -0.117. The van der Waals surface area contributed by atoms with Crippen molar-refractivity contribution in [3.8, 4) is 5.69 Å². The number of anilines is 1. The van der Waals surface area contributed by atoms with E-state index in [9.17, 15) is 9.59 Å². The van der Waals surface area contributed by atoms with Gasteiger partial charge in [0.2, 0.25) is 5.91 Å². The number of hydrogen-bond donors (Lipinski definition) is 2. The molecule has 2 aromatic carbocycles. The molecule has 2 N–H and O–H groups in total. The molecule has 0 saturated carbocycles. The third-order valence-corrected chi connectivity index (χ3v) is 5.70. The fraction of sp³-hybridized carbons (Fsp3) is 0.261. The van der Waals surface area contributed by atoms with Crippen molar-refractivity contribution in [2.75, 3.05) is 25.0 Å². The first-order valence-corrected chi connectivity index (χ1v) is 11.0. The number of hydrogen-bond acceptors (Lipinski definition) is 4. The van der Waals surface area contributed by atoms with Crippen LogP contribution in [0.3, 0.4) is 0 Å². The van der Waals surface area contributed by atoms with Crippen LogP contribution in [0.4, 0.5) is 5.69 Å². The van der Waals surface area contributed by atoms with Crippen molar-refractivity contribution < 1.29 is 9.59 Å². The van der Waals surface area contributed by atoms with Gasteiger partial charge in [-0.2, -0.15) is 5.10 Å². The minimum atomic E-state index is -0.0755. The molecule has 1 saturated heterocycles. The summed E-state index contributed by atoms with van der Waals surface area (Å²) < 4.78 is 2.65. The molecule has 1 fully saturated rings. The number of aromatic nitrogens is 2. The lowest BCUT2D eigenvalue weighted by Gasteiger charge is -2.31. The van der Waals surface area contributed by atoms with E-state index in [0.717, 1.165) is 41.8 Å². The first-order chi connectivity index (χ1) is 15.1. The Labute approximate surface area is 189 Å². The maximum atomic E-state index is 12.6. The topological polar surface area (TPSA) is 79.3 Å². The second-order valence-corrected chi connectivity index (χ2v) is 8.50. The van der Waals surface area contributed by atoms with Crippen LogP contribution in [0, 0.1) is 0 Å². The summed E-state index contributed by atoms with van der Waals surface area (Å²) in [6.07, 6.45) is 5.23. The number of halogens is 1. The van der Waals surface area contributed by atoms with Crippen LogP contribution in [-0.4, -0.2) is 52.2 Å². The molecule has 0 spiro atoms. The molecule has 1 aliphatic heterocycles. The number of carbonyl (C=O) groups is 2. The van der Waals surface area contributed by atoms with Gasteiger partial charge < -0.3 is 10.6 Å². The monoisotopic (exact) mass is 481 g/mol. The fourth-order valence-corrected chi connectivity index (χ4v) is 3.92. The van der Waals surface area contributed by atoms with Crippen LogP contribution in [-0.2, 0) is 4.79 Å². The van der Waals surface area contributed by atoms with E-state index < -0.39 is 0 Å². The quantitative estimate of drug-likeness (QED) is 0.564. The average Bonchev–Trinajstić information content (AvgIpc) is 3.22. The van der Waals surface area contributed by atoms with Crippen molar-refractivity contribution in [3.63, 3.8) is 0 Å². The number of para-hydroxylation sites is 1. The predicted molar refractivity (Wildman–Crippen MR) is 123 cm³/mol. The molecule has 4 rings (SSSR count). The lowest BCUT2D eigenvalue weighted by atomic mass is 10.0. The normalized spacial score (nSPS) is 14.9. The van der Waals surface area contributed by atoms with Gasteiger partial charge in [-0.1, -0.05) is 18.2 Å². The number of amides is 2. The fourth-order valence-electron chi connectivity index (χ4n) is 3.64. The number of nitrogens with zero attached hydrogens (tertiary/aromatic N) is 3. The molecule has 1 aliphatic rings. The summed E-state index contributed by atoms with van der Waals surface area (Å²) in [5, 5.41) is 10.3. The van der Waals surface area contributed by atoms with Crippen LogP contribution in [0.25, 0.3) is 5.69 Å². The molecule has 2 heterocycles. The highest BCUT2D eigenvalue weighted by Crippen LogP contribution is 2.15. The SMILES string of the molecule is O=C(CN1CCC(NC(=O)c2ccc(-n3cc(Br)cn3)cc2)CC1)Nc1ccccc1. The summed E-state index contributed by atoms with van der Waals surface area (Å²) in [4.78, 5) is 27.0. The maximum Gasteiger partial charge on any atom is 0.251 e. The summed E-state index contributed by atoms with van der Waals surface area (Å²) in [7, 11) is 0. The van der Waals surface area contributed by atoms with Crippen molar-refractivity contribution in [2.24, 2.45) is 0 Å². The van der Waals surface area contributed by atoms with Gasteiger partial charge in [0.1, 0.15) is 0 Å². The summed E-state index contributed by atoms with van der Waals surface area (Å²) in [5.74, 6) is -0.0912. The van der Waals surface area contributed by atoms with Crippen molar-refractivity contribution in [3.05, 3.63) is 77.0 Å². The zero-order chi connectivity index (χ0) is 21.6. The van der Waals surface area contributed by atoms with Gasteiger partial charge in [0.05, 0.1) is 22.9 Å². The van der Waals surface area contributed by atoms with E-state index in [1.165, 1.54) is 0 Å². The van der Waals surface area contributed by atoms with Crippen LogP contribution in [0.2, 0.25) is 0 Å². The molecule has 8 heteroatoms. The largest absolute Gasteiger partial charge is 0.349 e. The highest BCUT2D eigenvalue weighted by molar-refractivity contribution is 9.10. The van der Waals surface area contributed by atoms with Gasteiger partial charge in [-0.25, -0.2) is 4.68 Å². The number of piperidine rings is 1. The zero-order valence-corrected chi connectivity index (χ0v) is 18.6. The van der Waals surface area contributed by atoms with Gasteiger partial charge in [-0.15, -0.1) is 0 Å². The van der Waals surface area contributed by atoms with Gasteiger partial charge in [-0.05, 0) is 65.2 Å². The predicted octanol–water partition coefficient (Wildman–Crippen LogP) is 3.47. The van der Waals surface area contributed by atoms with Gasteiger partial charge >= 0.3 is 0 Å². The van der Waals surface area contributed by atoms with Crippen LogP contribution in [0.1, 0.15) is 23.2 Å². The Morgan fingerprint density at radius 3 is 2.39 bits per heavy atom. The third kappa shape index (κ3) is 5.80. The molecular formula is C23H24BrN5O2. The standard InChI is InChI=1S/C23H24BrN5O2/c24-18-14-25-29(15-18)21-8-6-17(7-9-21)23(31)27-20-10-12-28(13-11-20)16-22(30)26-19-4-2-1-3-5-19/h1-9,14-15,20H,10-13,16H2,(H,26,30)(H,27,31). The van der Waals surface area contributed by atoms with Crippen molar-refractivity contribution in [2.45, 2.75) is 18.9 Å². The number of benzene rings is 2. The lowest BCUT2D eigenvalue weighted by Crippen LogP contribution is -2.46.